The van der Waals surface area contributed by atoms with Crippen molar-refractivity contribution in [2.75, 3.05) is 32.6 Å². The largest absolute Gasteiger partial charge is 0.489 e. The van der Waals surface area contributed by atoms with Gasteiger partial charge in [-0.15, -0.1) is 0 Å². The molecule has 10 heteroatoms. The fourth-order valence-electron chi connectivity index (χ4n) is 2.18. The molecule has 0 saturated carbocycles. The Kier molecular flexibility index (Phi) is 6.11. The van der Waals surface area contributed by atoms with Gasteiger partial charge in [0.05, 0.1) is 9.82 Å². The predicted molar refractivity (Wildman–Crippen MR) is 94.4 cm³/mol. The highest BCUT2D eigenvalue weighted by molar-refractivity contribution is 7.89. The number of anilines is 1. The van der Waals surface area contributed by atoms with Gasteiger partial charge in [-0.1, -0.05) is 12.1 Å². The first-order chi connectivity index (χ1) is 12.3. The van der Waals surface area contributed by atoms with Crippen molar-refractivity contribution < 1.29 is 22.5 Å². The monoisotopic (exact) mass is 383 g/mol. The van der Waals surface area contributed by atoms with Crippen LogP contribution in [0.15, 0.2) is 47.4 Å². The van der Waals surface area contributed by atoms with E-state index in [4.69, 9.17) is 4.74 Å². The van der Waals surface area contributed by atoms with Crippen LogP contribution in [0.4, 0.5) is 15.8 Å². The number of sulfonamides is 1. The fourth-order valence-corrected chi connectivity index (χ4v) is 3.36. The summed E-state index contributed by atoms with van der Waals surface area (Å²) in [4.78, 5) is 10.2. The van der Waals surface area contributed by atoms with E-state index in [9.17, 15) is 22.9 Å². The van der Waals surface area contributed by atoms with E-state index >= 15 is 0 Å². The van der Waals surface area contributed by atoms with Gasteiger partial charge in [0, 0.05) is 26.7 Å². The van der Waals surface area contributed by atoms with E-state index in [2.05, 4.69) is 5.32 Å². The summed E-state index contributed by atoms with van der Waals surface area (Å²) in [5.74, 6) is -0.524. The topological polar surface area (TPSA) is 102 Å². The van der Waals surface area contributed by atoms with Gasteiger partial charge in [0.1, 0.15) is 12.3 Å². The molecule has 0 aliphatic heterocycles. The molecule has 0 fully saturated rings. The number of nitro benzene ring substituents is 1. The molecule has 0 heterocycles. The molecule has 2 aromatic rings. The number of hydrogen-bond donors (Lipinski definition) is 1. The SMILES string of the molecule is CNc1ccc(S(=O)(=O)N(C)CCOc2ccccc2F)cc1[N+](=O)[O-]. The number of halogens is 1. The number of nitro groups is 1. The Hall–Kier alpha value is -2.72. The molecule has 2 rings (SSSR count). The lowest BCUT2D eigenvalue weighted by Gasteiger charge is -2.18. The van der Waals surface area contributed by atoms with Crippen LogP contribution in [0.2, 0.25) is 0 Å². The molecule has 0 aliphatic carbocycles. The zero-order valence-corrected chi connectivity index (χ0v) is 15.0. The minimum atomic E-state index is -3.96. The van der Waals surface area contributed by atoms with Crippen LogP contribution in [0.5, 0.6) is 5.75 Å². The van der Waals surface area contributed by atoms with Crippen molar-refractivity contribution in [2.45, 2.75) is 4.90 Å². The Balaban J connectivity index is 2.12. The molecule has 0 atom stereocenters. The third-order valence-electron chi connectivity index (χ3n) is 3.64. The molecule has 0 saturated heterocycles. The molecule has 1 N–H and O–H groups in total. The van der Waals surface area contributed by atoms with Crippen LogP contribution in [0.1, 0.15) is 0 Å². The normalized spacial score (nSPS) is 11.4. The van der Waals surface area contributed by atoms with Gasteiger partial charge in [0.15, 0.2) is 11.6 Å². The van der Waals surface area contributed by atoms with Gasteiger partial charge in [-0.3, -0.25) is 10.1 Å². The maximum atomic E-state index is 13.5. The minimum absolute atomic E-state index is 0.0207. The summed E-state index contributed by atoms with van der Waals surface area (Å²) in [6.45, 7) is -0.133. The van der Waals surface area contributed by atoms with Crippen molar-refractivity contribution in [3.05, 3.63) is 58.4 Å². The van der Waals surface area contributed by atoms with Crippen LogP contribution in [0.25, 0.3) is 0 Å². The van der Waals surface area contributed by atoms with Gasteiger partial charge in [0.2, 0.25) is 10.0 Å². The van der Waals surface area contributed by atoms with E-state index in [0.29, 0.717) is 0 Å². The number of benzene rings is 2. The molecule has 0 amide bonds. The number of likely N-dealkylation sites (N-methyl/N-ethyl adjacent to an activating group) is 1. The van der Waals surface area contributed by atoms with Crippen LogP contribution < -0.4 is 10.1 Å². The van der Waals surface area contributed by atoms with Crippen molar-refractivity contribution in [2.24, 2.45) is 0 Å². The maximum Gasteiger partial charge on any atom is 0.293 e. The van der Waals surface area contributed by atoms with Crippen molar-refractivity contribution in [1.82, 2.24) is 4.31 Å². The quantitative estimate of drug-likeness (QED) is 0.555. The van der Waals surface area contributed by atoms with Crippen molar-refractivity contribution in [1.29, 1.82) is 0 Å². The molecule has 0 bridgehead atoms. The minimum Gasteiger partial charge on any atom is -0.489 e. The maximum absolute atomic E-state index is 13.5. The molecule has 0 aliphatic rings. The molecule has 2 aromatic carbocycles. The number of hydrogen-bond acceptors (Lipinski definition) is 6. The second-order valence-corrected chi connectivity index (χ2v) is 7.34. The number of rotatable bonds is 8. The van der Waals surface area contributed by atoms with E-state index in [1.807, 2.05) is 0 Å². The molecular formula is C16H18FN3O5S. The second-order valence-electron chi connectivity index (χ2n) is 5.29. The molecule has 26 heavy (non-hydrogen) atoms. The van der Waals surface area contributed by atoms with Crippen molar-refractivity contribution in [3.63, 3.8) is 0 Å². The molecule has 140 valence electrons. The third kappa shape index (κ3) is 4.27. The molecule has 8 nitrogen and oxygen atoms in total. The Morgan fingerprint density at radius 1 is 1.27 bits per heavy atom. The lowest BCUT2D eigenvalue weighted by atomic mass is 10.3. The van der Waals surface area contributed by atoms with Crippen molar-refractivity contribution in [3.8, 4) is 5.75 Å². The number of nitrogens with zero attached hydrogens (tertiary/aromatic N) is 2. The van der Waals surface area contributed by atoms with Gasteiger partial charge in [-0.25, -0.2) is 12.8 Å². The number of ether oxygens (including phenoxy) is 1. The zero-order chi connectivity index (χ0) is 19.3. The van der Waals surface area contributed by atoms with Gasteiger partial charge in [-0.05, 0) is 24.3 Å². The van der Waals surface area contributed by atoms with Gasteiger partial charge in [-0.2, -0.15) is 4.31 Å². The Morgan fingerprint density at radius 2 is 1.96 bits per heavy atom. The van der Waals surface area contributed by atoms with Crippen molar-refractivity contribution >= 4 is 21.4 Å². The van der Waals surface area contributed by atoms with Gasteiger partial charge >= 0.3 is 0 Å². The summed E-state index contributed by atoms with van der Waals surface area (Å²) in [5, 5.41) is 13.7. The summed E-state index contributed by atoms with van der Waals surface area (Å²) in [5.41, 5.74) is -0.135. The molecule has 0 aromatic heterocycles. The standard InChI is InChI=1S/C16H18FN3O5S/c1-18-14-8-7-12(11-15(14)20(21)22)26(23,24)19(2)9-10-25-16-6-4-3-5-13(16)17/h3-8,11,18H,9-10H2,1-2H3. The Labute approximate surface area is 150 Å². The lowest BCUT2D eigenvalue weighted by Crippen LogP contribution is -2.31. The predicted octanol–water partition coefficient (Wildman–Crippen LogP) is 2.48. The smallest absolute Gasteiger partial charge is 0.293 e. The van der Waals surface area contributed by atoms with E-state index in [-0.39, 0.29) is 35.2 Å². The highest BCUT2D eigenvalue weighted by Crippen LogP contribution is 2.28. The molecule has 0 radical (unpaired) electrons. The number of para-hydroxylation sites is 1. The van der Waals surface area contributed by atoms with Crippen LogP contribution in [-0.4, -0.2) is 44.9 Å². The third-order valence-corrected chi connectivity index (χ3v) is 5.50. The molecule has 0 unspecified atom stereocenters. The average Bonchev–Trinajstić information content (AvgIpc) is 2.62. The summed E-state index contributed by atoms with van der Waals surface area (Å²) >= 11 is 0. The van der Waals surface area contributed by atoms with Crippen LogP contribution >= 0.6 is 0 Å². The summed E-state index contributed by atoms with van der Waals surface area (Å²) in [7, 11) is -1.14. The summed E-state index contributed by atoms with van der Waals surface area (Å²) in [6.07, 6.45) is 0. The highest BCUT2D eigenvalue weighted by Gasteiger charge is 2.25. The van der Waals surface area contributed by atoms with E-state index in [0.717, 1.165) is 10.4 Å². The first kappa shape index (κ1) is 19.6. The highest BCUT2D eigenvalue weighted by atomic mass is 32.2. The van der Waals surface area contributed by atoms with E-state index in [1.165, 1.54) is 44.4 Å². The van der Waals surface area contributed by atoms with Crippen LogP contribution in [0.3, 0.4) is 0 Å². The first-order valence-corrected chi connectivity index (χ1v) is 9.01. The average molecular weight is 383 g/mol. The summed E-state index contributed by atoms with van der Waals surface area (Å²) in [6, 6.07) is 9.39. The Morgan fingerprint density at radius 3 is 2.58 bits per heavy atom. The van der Waals surface area contributed by atoms with Gasteiger partial charge < -0.3 is 10.1 Å². The van der Waals surface area contributed by atoms with E-state index in [1.54, 1.807) is 6.07 Å². The number of nitrogens with one attached hydrogen (secondary N) is 1. The second kappa shape index (κ2) is 8.11. The molecule has 0 spiro atoms. The fraction of sp³-hybridized carbons (Fsp3) is 0.250. The first-order valence-electron chi connectivity index (χ1n) is 7.57. The van der Waals surface area contributed by atoms with Gasteiger partial charge in [0.25, 0.3) is 5.69 Å². The molecular weight excluding hydrogens is 365 g/mol. The van der Waals surface area contributed by atoms with E-state index < -0.39 is 20.8 Å². The Bertz CT molecular complexity index is 905. The zero-order valence-electron chi connectivity index (χ0n) is 14.2. The van der Waals surface area contributed by atoms with Crippen LogP contribution in [-0.2, 0) is 10.0 Å². The lowest BCUT2D eigenvalue weighted by molar-refractivity contribution is -0.384. The summed E-state index contributed by atoms with van der Waals surface area (Å²) < 4.78 is 44.8. The van der Waals surface area contributed by atoms with Crippen LogP contribution in [0, 0.1) is 15.9 Å².